The maximum Gasteiger partial charge on any atom is 0.331 e. The molecule has 68 heavy (non-hydrogen) atoms. The molecule has 0 aromatic heterocycles. The largest absolute Gasteiger partial charge is 0.478 e. The summed E-state index contributed by atoms with van der Waals surface area (Å²) in [5.41, 5.74) is 5.19. The Bertz CT molecular complexity index is 2150. The number of aliphatic hydroxyl groups is 2. The van der Waals surface area contributed by atoms with Gasteiger partial charge in [-0.2, -0.15) is 0 Å². The fourth-order valence-electron chi connectivity index (χ4n) is 7.62. The zero-order chi connectivity index (χ0) is 51.9. The van der Waals surface area contributed by atoms with Crippen LogP contribution in [0.25, 0.3) is 0 Å². The molecule has 2 aliphatic carbocycles. The van der Waals surface area contributed by atoms with Gasteiger partial charge in [0, 0.05) is 22.0 Å². The highest BCUT2D eigenvalue weighted by molar-refractivity contribution is 5.96. The van der Waals surface area contributed by atoms with Gasteiger partial charge in [-0.25, -0.2) is 9.59 Å². The first-order chi connectivity index (χ1) is 31.6. The molecule has 2 saturated carbocycles. The van der Waals surface area contributed by atoms with Crippen molar-refractivity contribution in [2.75, 3.05) is 0 Å². The fourth-order valence-corrected chi connectivity index (χ4v) is 7.62. The van der Waals surface area contributed by atoms with Crippen molar-refractivity contribution >= 4 is 23.5 Å². The van der Waals surface area contributed by atoms with Crippen LogP contribution in [-0.2, 0) is 19.2 Å². The number of allylic oxidation sites excluding steroid dienone is 30. The molecular formula is C60H80O8. The molecule has 0 radical (unpaired) electrons. The molecule has 4 atom stereocenters. The van der Waals surface area contributed by atoms with Gasteiger partial charge in [-0.15, -0.1) is 0 Å². The first-order valence-corrected chi connectivity index (χ1v) is 23.3. The van der Waals surface area contributed by atoms with Crippen molar-refractivity contribution in [3.8, 4) is 0 Å². The summed E-state index contributed by atoms with van der Waals surface area (Å²) in [5.74, 6) is -1.71. The van der Waals surface area contributed by atoms with Crippen LogP contribution in [0.4, 0.5) is 0 Å². The van der Waals surface area contributed by atoms with Crippen LogP contribution in [0.15, 0.2) is 190 Å². The van der Waals surface area contributed by atoms with E-state index in [0.29, 0.717) is 25.7 Å². The lowest BCUT2D eigenvalue weighted by Gasteiger charge is -2.35. The predicted octanol–water partition coefficient (Wildman–Crippen LogP) is 13.7. The van der Waals surface area contributed by atoms with Gasteiger partial charge in [-0.3, -0.25) is 9.59 Å². The van der Waals surface area contributed by atoms with Crippen LogP contribution in [0, 0.1) is 21.7 Å². The summed E-state index contributed by atoms with van der Waals surface area (Å²) in [6.45, 7) is 27.1. The van der Waals surface area contributed by atoms with Gasteiger partial charge in [0.05, 0.1) is 12.2 Å². The number of hydrogen-bond donors (Lipinski definition) is 4. The van der Waals surface area contributed by atoms with Crippen molar-refractivity contribution in [1.82, 2.24) is 0 Å². The number of ketones is 2. The van der Waals surface area contributed by atoms with Crippen LogP contribution in [-0.4, -0.2) is 56.1 Å². The fraction of sp³-hybridized carbons (Fsp3) is 0.400. The van der Waals surface area contributed by atoms with Gasteiger partial charge in [-0.05, 0) is 104 Å². The van der Waals surface area contributed by atoms with E-state index in [2.05, 4.69) is 27.7 Å². The average Bonchev–Trinajstić information content (AvgIpc) is 3.60. The van der Waals surface area contributed by atoms with E-state index in [-0.39, 0.29) is 33.5 Å². The number of carbonyl (C=O) groups is 4. The summed E-state index contributed by atoms with van der Waals surface area (Å²) in [4.78, 5) is 47.1. The van der Waals surface area contributed by atoms with Crippen LogP contribution in [0.3, 0.4) is 0 Å². The topological polar surface area (TPSA) is 149 Å². The van der Waals surface area contributed by atoms with Crippen LogP contribution in [0.2, 0.25) is 0 Å². The lowest BCUT2D eigenvalue weighted by atomic mass is 9.66. The lowest BCUT2D eigenvalue weighted by Crippen LogP contribution is -2.36. The second-order valence-corrected chi connectivity index (χ2v) is 19.9. The van der Waals surface area contributed by atoms with E-state index in [1.54, 1.807) is 50.3 Å². The van der Waals surface area contributed by atoms with Gasteiger partial charge >= 0.3 is 11.9 Å². The SMILES string of the molecule is CC(/C=C/C=C(C)/C=C/C(=O)[C@]1(C)C[C@@H](O)CC1(C)C)=C\C=C\C=C(C)\C=C\C=C(C)\C=C\C(=O)[C@]1(C)C[C@@H](O)CC1(C)C.CC(/C=C/C=C(\C)C(=O)O)=C\C=C\C=C(C)\C=C\C=C(/C)C(=O)O. The van der Waals surface area contributed by atoms with Crippen LogP contribution in [0.1, 0.15) is 123 Å². The van der Waals surface area contributed by atoms with E-state index in [1.807, 2.05) is 165 Å². The minimum absolute atomic E-state index is 0.0742. The van der Waals surface area contributed by atoms with Gasteiger partial charge in [0.15, 0.2) is 11.6 Å². The number of carbonyl (C=O) groups excluding carboxylic acids is 2. The Morgan fingerprint density at radius 3 is 0.824 bits per heavy atom. The van der Waals surface area contributed by atoms with Gasteiger partial charge in [0.2, 0.25) is 0 Å². The minimum atomic E-state index is -0.928. The molecule has 4 N–H and O–H groups in total. The number of aliphatic hydroxyl groups excluding tert-OH is 2. The standard InChI is InChI=1S/C40H56O4.C20H24O4/c1-29(17-13-19-31(3)21-23-35(43)39(9)27-33(41)25-37(39,5)6)15-11-12-16-30(2)18-14-20-32(4)22-24-36(44)40(10)28-34(42)26-38(40,7)8;1-15(11-7-13-17(3)19(21)22)9-5-6-10-16(2)12-8-14-18(4)20(23)24/h11-24,33-34,41-42H,25-28H2,1-10H3;5-14H,1-4H3,(H,21,22)(H,23,24)/b12-11+,17-13+,18-14+,23-21+,24-22+,29-15+,30-16+,31-19+,32-20+;6-5+,11-7+,12-8+,15-9+,16-10+,17-13+,18-14+/t33-,34-,39-,40-;/m0./s1. The Labute approximate surface area is 408 Å². The summed E-state index contributed by atoms with van der Waals surface area (Å²) in [6, 6.07) is 0. The maximum absolute atomic E-state index is 12.9. The highest BCUT2D eigenvalue weighted by Gasteiger charge is 2.53. The van der Waals surface area contributed by atoms with E-state index in [0.717, 1.165) is 33.4 Å². The molecule has 2 rings (SSSR count). The second-order valence-electron chi connectivity index (χ2n) is 19.9. The van der Waals surface area contributed by atoms with Gasteiger partial charge in [0.25, 0.3) is 0 Å². The zero-order valence-corrected chi connectivity index (χ0v) is 43.3. The van der Waals surface area contributed by atoms with E-state index in [4.69, 9.17) is 10.2 Å². The highest BCUT2D eigenvalue weighted by Crippen LogP contribution is 2.54. The number of hydrogen-bond acceptors (Lipinski definition) is 6. The number of carboxylic acid groups (broad SMARTS) is 2. The van der Waals surface area contributed by atoms with Crippen molar-refractivity contribution in [3.63, 3.8) is 0 Å². The monoisotopic (exact) mass is 929 g/mol. The van der Waals surface area contributed by atoms with Gasteiger partial charge in [0.1, 0.15) is 0 Å². The first kappa shape index (κ1) is 60.1. The van der Waals surface area contributed by atoms with Crippen molar-refractivity contribution in [3.05, 3.63) is 190 Å². The van der Waals surface area contributed by atoms with Crippen LogP contribution >= 0.6 is 0 Å². The lowest BCUT2D eigenvalue weighted by molar-refractivity contribution is -0.133. The van der Waals surface area contributed by atoms with E-state index in [9.17, 15) is 29.4 Å². The molecule has 0 aliphatic heterocycles. The minimum Gasteiger partial charge on any atom is -0.478 e. The van der Waals surface area contributed by atoms with Crippen LogP contribution in [0.5, 0.6) is 0 Å². The molecule has 8 heteroatoms. The van der Waals surface area contributed by atoms with Crippen LogP contribution < -0.4 is 0 Å². The Morgan fingerprint density at radius 2 is 0.588 bits per heavy atom. The van der Waals surface area contributed by atoms with Crippen molar-refractivity contribution < 1.29 is 39.6 Å². The molecule has 0 unspecified atom stereocenters. The molecule has 2 fully saturated rings. The molecule has 0 heterocycles. The third-order valence-electron chi connectivity index (χ3n) is 13.0. The molecule has 0 bridgehead atoms. The Balaban J connectivity index is 0.000000815. The number of carboxylic acids is 2. The highest BCUT2D eigenvalue weighted by atomic mass is 16.4. The maximum atomic E-state index is 12.9. The van der Waals surface area contributed by atoms with Crippen molar-refractivity contribution in [2.24, 2.45) is 21.7 Å². The normalized spacial score (nSPS) is 24.9. The van der Waals surface area contributed by atoms with Crippen molar-refractivity contribution in [2.45, 2.75) is 135 Å². The quantitative estimate of drug-likeness (QED) is 0.0696. The first-order valence-electron chi connectivity index (χ1n) is 23.3. The molecule has 0 saturated heterocycles. The van der Waals surface area contributed by atoms with E-state index in [1.165, 1.54) is 0 Å². The average molecular weight is 929 g/mol. The molecular weight excluding hydrogens is 849 g/mol. The molecule has 2 aliphatic rings. The zero-order valence-electron chi connectivity index (χ0n) is 43.3. The van der Waals surface area contributed by atoms with E-state index >= 15 is 0 Å². The summed E-state index contributed by atoms with van der Waals surface area (Å²) >= 11 is 0. The molecule has 0 aromatic rings. The second kappa shape index (κ2) is 28.4. The third kappa shape index (κ3) is 20.9. The van der Waals surface area contributed by atoms with Gasteiger partial charge in [-0.1, -0.05) is 209 Å². The molecule has 8 nitrogen and oxygen atoms in total. The predicted molar refractivity (Wildman–Crippen MR) is 283 cm³/mol. The summed E-state index contributed by atoms with van der Waals surface area (Å²) in [7, 11) is 0. The van der Waals surface area contributed by atoms with E-state index < -0.39 is 35.0 Å². The van der Waals surface area contributed by atoms with Gasteiger partial charge < -0.3 is 20.4 Å². The van der Waals surface area contributed by atoms with Crippen molar-refractivity contribution in [1.29, 1.82) is 0 Å². The molecule has 0 aromatic carbocycles. The Hall–Kier alpha value is -5.96. The summed E-state index contributed by atoms with van der Waals surface area (Å²) in [5, 5.41) is 37.6. The summed E-state index contributed by atoms with van der Waals surface area (Å²) < 4.78 is 0. The number of aliphatic carboxylic acids is 2. The number of rotatable bonds is 20. The molecule has 0 amide bonds. The Morgan fingerprint density at radius 1 is 0.353 bits per heavy atom. The smallest absolute Gasteiger partial charge is 0.331 e. The third-order valence-corrected chi connectivity index (χ3v) is 13.0. The molecule has 0 spiro atoms. The Kier molecular flexibility index (Phi) is 25.1. The molecule has 368 valence electrons. The summed E-state index contributed by atoms with van der Waals surface area (Å²) in [6.07, 6.45) is 46.3.